The Morgan fingerprint density at radius 3 is 2.52 bits per heavy atom. The lowest BCUT2D eigenvalue weighted by atomic mass is 10.2. The van der Waals surface area contributed by atoms with Gasteiger partial charge in [0, 0.05) is 27.1 Å². The monoisotopic (exact) mass is 314 g/mol. The number of rotatable bonds is 8. The second kappa shape index (κ2) is 7.28. The van der Waals surface area contributed by atoms with E-state index in [1.807, 2.05) is 0 Å². The zero-order valence-electron chi connectivity index (χ0n) is 12.3. The molecule has 5 N–H and O–H groups in total. The summed E-state index contributed by atoms with van der Waals surface area (Å²) < 4.78 is 25.3. The fraction of sp³-hybridized carbons (Fsp3) is 0.462. The number of hydrogen-bond acceptors (Lipinski definition) is 5. The number of carbonyl (C=O) groups is 1. The van der Waals surface area contributed by atoms with Gasteiger partial charge in [0.2, 0.25) is 15.9 Å². The van der Waals surface area contributed by atoms with Gasteiger partial charge in [0.15, 0.2) is 0 Å². The lowest BCUT2D eigenvalue weighted by Crippen LogP contribution is -2.22. The van der Waals surface area contributed by atoms with Gasteiger partial charge in [-0.25, -0.2) is 12.7 Å². The molecule has 0 aliphatic rings. The summed E-state index contributed by atoms with van der Waals surface area (Å²) in [5, 5.41) is 3.08. The molecule has 0 aliphatic carbocycles. The van der Waals surface area contributed by atoms with Gasteiger partial charge in [0.05, 0.1) is 16.3 Å². The van der Waals surface area contributed by atoms with Crippen LogP contribution in [0.5, 0.6) is 0 Å². The number of nitrogens with two attached hydrogens (primary N) is 2. The number of nitrogens with zero attached hydrogens (tertiary/aromatic N) is 1. The van der Waals surface area contributed by atoms with Gasteiger partial charge >= 0.3 is 0 Å². The number of sulfonamides is 1. The second-order valence-corrected chi connectivity index (χ2v) is 7.04. The standard InChI is InChI=1S/C13H22N4O3S/c1-17(2)21(19,20)10-6-7-11(14)12(9-10)16-8-4-3-5-13(15)18/h6-7,9,16H,3-5,8,14H2,1-2H3,(H2,15,18). The van der Waals surface area contributed by atoms with Crippen LogP contribution in [0.2, 0.25) is 0 Å². The van der Waals surface area contributed by atoms with Gasteiger partial charge in [0.1, 0.15) is 0 Å². The molecule has 118 valence electrons. The van der Waals surface area contributed by atoms with Gasteiger partial charge in [-0.3, -0.25) is 4.79 Å². The number of carbonyl (C=O) groups excluding carboxylic acids is 1. The first kappa shape index (κ1) is 17.3. The van der Waals surface area contributed by atoms with Crippen LogP contribution in [0.1, 0.15) is 19.3 Å². The molecule has 0 saturated carbocycles. The highest BCUT2D eigenvalue weighted by Gasteiger charge is 2.18. The fourth-order valence-electron chi connectivity index (χ4n) is 1.71. The van der Waals surface area contributed by atoms with E-state index in [0.717, 1.165) is 10.7 Å². The number of benzene rings is 1. The molecule has 0 aliphatic heterocycles. The first-order chi connectivity index (χ1) is 9.75. The van der Waals surface area contributed by atoms with Crippen molar-refractivity contribution in [3.05, 3.63) is 18.2 Å². The van der Waals surface area contributed by atoms with Crippen LogP contribution < -0.4 is 16.8 Å². The molecule has 0 atom stereocenters. The van der Waals surface area contributed by atoms with Crippen LogP contribution in [0.15, 0.2) is 23.1 Å². The third-order valence-electron chi connectivity index (χ3n) is 2.97. The Balaban J connectivity index is 2.73. The van der Waals surface area contributed by atoms with E-state index in [4.69, 9.17) is 11.5 Å². The van der Waals surface area contributed by atoms with Gasteiger partial charge in [-0.1, -0.05) is 0 Å². The quantitative estimate of drug-likeness (QED) is 0.479. The zero-order chi connectivity index (χ0) is 16.0. The van der Waals surface area contributed by atoms with E-state index in [0.29, 0.717) is 30.8 Å². The fourth-order valence-corrected chi connectivity index (χ4v) is 2.64. The summed E-state index contributed by atoms with van der Waals surface area (Å²) in [5.74, 6) is -0.325. The van der Waals surface area contributed by atoms with Gasteiger partial charge in [-0.2, -0.15) is 0 Å². The third kappa shape index (κ3) is 4.91. The van der Waals surface area contributed by atoms with Crippen LogP contribution in [0.25, 0.3) is 0 Å². The van der Waals surface area contributed by atoms with Gasteiger partial charge in [0.25, 0.3) is 0 Å². The normalized spacial score (nSPS) is 11.6. The zero-order valence-corrected chi connectivity index (χ0v) is 13.1. The summed E-state index contributed by atoms with van der Waals surface area (Å²) in [5.41, 5.74) is 11.9. The minimum absolute atomic E-state index is 0.182. The Bertz CT molecular complexity index is 599. The SMILES string of the molecule is CN(C)S(=O)(=O)c1ccc(N)c(NCCCCC(N)=O)c1. The Labute approximate surface area is 125 Å². The van der Waals surface area contributed by atoms with E-state index in [1.54, 1.807) is 6.07 Å². The summed E-state index contributed by atoms with van der Waals surface area (Å²) in [6, 6.07) is 4.55. The van der Waals surface area contributed by atoms with E-state index in [2.05, 4.69) is 5.32 Å². The molecule has 7 nitrogen and oxygen atoms in total. The second-order valence-electron chi connectivity index (χ2n) is 4.89. The predicted octanol–water partition coefficient (Wildman–Crippen LogP) is 0.587. The van der Waals surface area contributed by atoms with Gasteiger partial charge in [-0.15, -0.1) is 0 Å². The van der Waals surface area contributed by atoms with Crippen molar-refractivity contribution in [1.29, 1.82) is 0 Å². The van der Waals surface area contributed by atoms with Gasteiger partial charge < -0.3 is 16.8 Å². The topological polar surface area (TPSA) is 119 Å². The van der Waals surface area contributed by atoms with Crippen molar-refractivity contribution in [1.82, 2.24) is 4.31 Å². The highest BCUT2D eigenvalue weighted by atomic mass is 32.2. The maximum atomic E-state index is 12.1. The summed E-state index contributed by atoms with van der Waals surface area (Å²) in [7, 11) is -0.536. The number of nitrogen functional groups attached to an aromatic ring is 1. The Morgan fingerprint density at radius 2 is 1.95 bits per heavy atom. The Kier molecular flexibility index (Phi) is 5.98. The van der Waals surface area contributed by atoms with Crippen LogP contribution in [0.3, 0.4) is 0 Å². The van der Waals surface area contributed by atoms with E-state index >= 15 is 0 Å². The van der Waals surface area contributed by atoms with Gasteiger partial charge in [-0.05, 0) is 31.0 Å². The lowest BCUT2D eigenvalue weighted by molar-refractivity contribution is -0.118. The molecule has 21 heavy (non-hydrogen) atoms. The predicted molar refractivity (Wildman–Crippen MR) is 83.3 cm³/mol. The molecular formula is C13H22N4O3S. The highest BCUT2D eigenvalue weighted by molar-refractivity contribution is 7.89. The molecule has 1 rings (SSSR count). The first-order valence-corrected chi connectivity index (χ1v) is 8.03. The highest BCUT2D eigenvalue weighted by Crippen LogP contribution is 2.24. The molecule has 1 aromatic carbocycles. The molecule has 1 aromatic rings. The van der Waals surface area contributed by atoms with E-state index in [9.17, 15) is 13.2 Å². The minimum Gasteiger partial charge on any atom is -0.397 e. The number of unbranched alkanes of at least 4 members (excludes halogenated alkanes) is 1. The van der Waals surface area contributed by atoms with Crippen LogP contribution in [0.4, 0.5) is 11.4 Å². The Morgan fingerprint density at radius 1 is 1.29 bits per heavy atom. The number of anilines is 2. The number of nitrogens with one attached hydrogen (secondary N) is 1. The van der Waals surface area contributed by atoms with E-state index in [-0.39, 0.29) is 10.8 Å². The smallest absolute Gasteiger partial charge is 0.242 e. The molecule has 0 radical (unpaired) electrons. The third-order valence-corrected chi connectivity index (χ3v) is 4.78. The van der Waals surface area contributed by atoms with Crippen molar-refractivity contribution in [2.45, 2.75) is 24.2 Å². The van der Waals surface area contributed by atoms with Crippen molar-refractivity contribution in [2.24, 2.45) is 5.73 Å². The Hall–Kier alpha value is -1.80. The van der Waals surface area contributed by atoms with Crippen molar-refractivity contribution in [2.75, 3.05) is 31.7 Å². The molecule has 0 heterocycles. The minimum atomic E-state index is -3.49. The maximum absolute atomic E-state index is 12.1. The van der Waals surface area contributed by atoms with Crippen molar-refractivity contribution < 1.29 is 13.2 Å². The van der Waals surface area contributed by atoms with Crippen LogP contribution >= 0.6 is 0 Å². The van der Waals surface area contributed by atoms with Crippen molar-refractivity contribution >= 4 is 27.3 Å². The van der Waals surface area contributed by atoms with Crippen molar-refractivity contribution in [3.8, 4) is 0 Å². The van der Waals surface area contributed by atoms with E-state index < -0.39 is 10.0 Å². The molecule has 0 spiro atoms. The van der Waals surface area contributed by atoms with Crippen LogP contribution in [-0.2, 0) is 14.8 Å². The molecule has 0 saturated heterocycles. The average Bonchev–Trinajstić information content (AvgIpc) is 2.39. The molecule has 0 bridgehead atoms. The molecule has 1 amide bonds. The lowest BCUT2D eigenvalue weighted by Gasteiger charge is -2.14. The van der Waals surface area contributed by atoms with Crippen molar-refractivity contribution in [3.63, 3.8) is 0 Å². The number of hydrogen-bond donors (Lipinski definition) is 3. The summed E-state index contributed by atoms with van der Waals surface area (Å²) >= 11 is 0. The summed E-state index contributed by atoms with van der Waals surface area (Å²) in [6.45, 7) is 0.586. The number of amides is 1. The maximum Gasteiger partial charge on any atom is 0.242 e. The average molecular weight is 314 g/mol. The number of primary amides is 1. The summed E-state index contributed by atoms with van der Waals surface area (Å²) in [4.78, 5) is 10.8. The summed E-state index contributed by atoms with van der Waals surface area (Å²) in [6.07, 6.45) is 1.76. The molecule has 0 fully saturated rings. The molecule has 8 heteroatoms. The largest absolute Gasteiger partial charge is 0.397 e. The first-order valence-electron chi connectivity index (χ1n) is 6.59. The molecule has 0 unspecified atom stereocenters. The molecule has 0 aromatic heterocycles. The van der Waals surface area contributed by atoms with Crippen LogP contribution in [0, 0.1) is 0 Å². The van der Waals surface area contributed by atoms with Crippen LogP contribution in [-0.4, -0.2) is 39.3 Å². The molecular weight excluding hydrogens is 292 g/mol. The van der Waals surface area contributed by atoms with E-state index in [1.165, 1.54) is 26.2 Å².